The molecule has 0 radical (unpaired) electrons. The van der Waals surface area contributed by atoms with Gasteiger partial charge in [-0.2, -0.15) is 5.10 Å². The van der Waals surface area contributed by atoms with Crippen LogP contribution in [0.2, 0.25) is 0 Å². The van der Waals surface area contributed by atoms with Gasteiger partial charge in [0.15, 0.2) is 5.65 Å². The highest BCUT2D eigenvalue weighted by atomic mass is 16.3. The number of aliphatic hydroxyl groups excluding tert-OH is 1. The molecule has 6 heteroatoms. The summed E-state index contributed by atoms with van der Waals surface area (Å²) in [5.41, 5.74) is 7.02. The van der Waals surface area contributed by atoms with E-state index in [2.05, 4.69) is 10.1 Å². The number of hydrogen-bond acceptors (Lipinski definition) is 5. The number of phenols is 1. The molecule has 0 saturated carbocycles. The zero-order valence-electron chi connectivity index (χ0n) is 9.70. The largest absolute Gasteiger partial charge is 0.506 e. The minimum Gasteiger partial charge on any atom is -0.506 e. The minimum atomic E-state index is -1.14. The molecule has 1 atom stereocenters. The molecule has 1 aromatic carbocycles. The van der Waals surface area contributed by atoms with Crippen LogP contribution < -0.4 is 5.73 Å². The number of phenolic OH excluding ortho intramolecular Hbond substituents is 1. The molecule has 0 amide bonds. The summed E-state index contributed by atoms with van der Waals surface area (Å²) in [6.07, 6.45) is -1.14. The average molecular weight is 244 g/mol. The molecular weight excluding hydrogens is 232 g/mol. The van der Waals surface area contributed by atoms with Crippen molar-refractivity contribution in [3.8, 4) is 5.75 Å². The van der Waals surface area contributed by atoms with E-state index in [1.165, 1.54) is 4.52 Å². The number of aromatic nitrogens is 3. The molecule has 0 aliphatic heterocycles. The van der Waals surface area contributed by atoms with Crippen LogP contribution in [0, 0.1) is 6.92 Å². The van der Waals surface area contributed by atoms with Crippen molar-refractivity contribution >= 4 is 16.6 Å². The molecule has 2 aromatic heterocycles. The Labute approximate surface area is 102 Å². The maximum absolute atomic E-state index is 9.93. The number of aryl methyl sites for hydroxylation is 1. The lowest BCUT2D eigenvalue weighted by molar-refractivity contribution is 0.187. The van der Waals surface area contributed by atoms with E-state index in [-0.39, 0.29) is 5.75 Å². The summed E-state index contributed by atoms with van der Waals surface area (Å²) in [7, 11) is 0. The van der Waals surface area contributed by atoms with Gasteiger partial charge >= 0.3 is 0 Å². The molecule has 6 nitrogen and oxygen atoms in total. The number of aromatic hydroxyl groups is 1. The molecule has 18 heavy (non-hydrogen) atoms. The van der Waals surface area contributed by atoms with Crippen molar-refractivity contribution in [3.05, 3.63) is 35.7 Å². The van der Waals surface area contributed by atoms with Crippen LogP contribution in [-0.2, 0) is 0 Å². The molecule has 1 unspecified atom stereocenters. The summed E-state index contributed by atoms with van der Waals surface area (Å²) in [5.74, 6) is 0.660. The first kappa shape index (κ1) is 10.9. The van der Waals surface area contributed by atoms with E-state index in [1.54, 1.807) is 25.1 Å². The number of pyridine rings is 1. The van der Waals surface area contributed by atoms with Crippen LogP contribution in [0.4, 0.5) is 0 Å². The van der Waals surface area contributed by atoms with E-state index in [9.17, 15) is 10.2 Å². The highest BCUT2D eigenvalue weighted by Gasteiger charge is 2.15. The second kappa shape index (κ2) is 3.66. The van der Waals surface area contributed by atoms with E-state index in [4.69, 9.17) is 5.73 Å². The molecule has 0 aliphatic carbocycles. The predicted octanol–water partition coefficient (Wildman–Crippen LogP) is 0.846. The molecule has 0 saturated heterocycles. The Morgan fingerprint density at radius 2 is 2.17 bits per heavy atom. The van der Waals surface area contributed by atoms with Gasteiger partial charge in [-0.1, -0.05) is 12.1 Å². The van der Waals surface area contributed by atoms with E-state index < -0.39 is 6.23 Å². The molecule has 0 fully saturated rings. The number of benzene rings is 1. The molecule has 0 bridgehead atoms. The molecule has 3 aromatic rings. The molecule has 4 N–H and O–H groups in total. The van der Waals surface area contributed by atoms with Gasteiger partial charge in [0.05, 0.1) is 0 Å². The van der Waals surface area contributed by atoms with Crippen molar-refractivity contribution < 1.29 is 10.2 Å². The Morgan fingerprint density at radius 1 is 1.39 bits per heavy atom. The standard InChI is InChI=1S/C12H12N4O2/c1-6-14-12-8(11(13)18)5-7-3-2-4-9(17)10(7)16(12)15-6/h2-5,11,17-18H,13H2,1H3. The first-order valence-corrected chi connectivity index (χ1v) is 5.49. The van der Waals surface area contributed by atoms with Crippen molar-refractivity contribution in [1.82, 2.24) is 14.6 Å². The fourth-order valence-corrected chi connectivity index (χ4v) is 2.10. The van der Waals surface area contributed by atoms with Crippen molar-refractivity contribution in [2.45, 2.75) is 13.2 Å². The van der Waals surface area contributed by atoms with E-state index >= 15 is 0 Å². The van der Waals surface area contributed by atoms with Crippen molar-refractivity contribution in [2.75, 3.05) is 0 Å². The zero-order valence-corrected chi connectivity index (χ0v) is 9.70. The first-order chi connectivity index (χ1) is 8.58. The number of nitrogens with zero attached hydrogens (tertiary/aromatic N) is 3. The Morgan fingerprint density at radius 3 is 2.89 bits per heavy atom. The third-order valence-electron chi connectivity index (χ3n) is 2.86. The molecule has 0 aliphatic rings. The summed E-state index contributed by atoms with van der Waals surface area (Å²) < 4.78 is 1.51. The highest BCUT2D eigenvalue weighted by Crippen LogP contribution is 2.28. The van der Waals surface area contributed by atoms with Crippen LogP contribution in [0.5, 0.6) is 5.75 Å². The summed E-state index contributed by atoms with van der Waals surface area (Å²) in [6, 6.07) is 6.83. The van der Waals surface area contributed by atoms with Gasteiger partial charge in [0.1, 0.15) is 23.3 Å². The normalized spacial score (nSPS) is 13.3. The molecule has 0 spiro atoms. The first-order valence-electron chi connectivity index (χ1n) is 5.49. The summed E-state index contributed by atoms with van der Waals surface area (Å²) >= 11 is 0. The lowest BCUT2D eigenvalue weighted by Gasteiger charge is -2.09. The second-order valence-electron chi connectivity index (χ2n) is 4.15. The van der Waals surface area contributed by atoms with Crippen molar-refractivity contribution in [2.24, 2.45) is 5.73 Å². The number of nitrogens with two attached hydrogens (primary N) is 1. The Balaban J connectivity index is 2.57. The zero-order chi connectivity index (χ0) is 12.9. The van der Waals surface area contributed by atoms with Crippen LogP contribution in [0.1, 0.15) is 17.6 Å². The molecule has 2 heterocycles. The Hall–Kier alpha value is -2.18. The third kappa shape index (κ3) is 1.43. The maximum atomic E-state index is 9.93. The van der Waals surface area contributed by atoms with Crippen LogP contribution >= 0.6 is 0 Å². The van der Waals surface area contributed by atoms with Crippen LogP contribution in [0.15, 0.2) is 24.3 Å². The van der Waals surface area contributed by atoms with Gasteiger partial charge in [-0.3, -0.25) is 0 Å². The van der Waals surface area contributed by atoms with E-state index in [1.807, 2.05) is 6.07 Å². The number of para-hydroxylation sites is 1. The number of aliphatic hydroxyl groups is 1. The monoisotopic (exact) mass is 244 g/mol. The fraction of sp³-hybridized carbons (Fsp3) is 0.167. The summed E-state index contributed by atoms with van der Waals surface area (Å²) in [4.78, 5) is 4.23. The lowest BCUT2D eigenvalue weighted by atomic mass is 10.1. The van der Waals surface area contributed by atoms with Gasteiger partial charge < -0.3 is 15.9 Å². The van der Waals surface area contributed by atoms with Gasteiger partial charge in [-0.25, -0.2) is 9.50 Å². The summed E-state index contributed by atoms with van der Waals surface area (Å²) in [6.45, 7) is 1.74. The lowest BCUT2D eigenvalue weighted by Crippen LogP contribution is -2.11. The predicted molar refractivity (Wildman–Crippen MR) is 66.0 cm³/mol. The fourth-order valence-electron chi connectivity index (χ4n) is 2.10. The Bertz CT molecular complexity index is 748. The van der Waals surface area contributed by atoms with Gasteiger partial charge in [0, 0.05) is 10.9 Å². The SMILES string of the molecule is Cc1nc2c(C(N)O)cc3cccc(O)c3n2n1. The third-order valence-corrected chi connectivity index (χ3v) is 2.86. The van der Waals surface area contributed by atoms with Crippen LogP contribution in [0.3, 0.4) is 0 Å². The van der Waals surface area contributed by atoms with Crippen molar-refractivity contribution in [3.63, 3.8) is 0 Å². The van der Waals surface area contributed by atoms with Gasteiger partial charge in [-0.05, 0) is 19.1 Å². The van der Waals surface area contributed by atoms with Crippen molar-refractivity contribution in [1.29, 1.82) is 0 Å². The van der Waals surface area contributed by atoms with Crippen LogP contribution in [0.25, 0.3) is 16.6 Å². The molecule has 3 rings (SSSR count). The minimum absolute atomic E-state index is 0.112. The van der Waals surface area contributed by atoms with Gasteiger partial charge in [0.2, 0.25) is 0 Å². The van der Waals surface area contributed by atoms with E-state index in [0.717, 1.165) is 5.39 Å². The molecular formula is C12H12N4O2. The quantitative estimate of drug-likeness (QED) is 0.551. The smallest absolute Gasteiger partial charge is 0.163 e. The maximum Gasteiger partial charge on any atom is 0.163 e. The average Bonchev–Trinajstić information content (AvgIpc) is 2.68. The van der Waals surface area contributed by atoms with Crippen LogP contribution in [-0.4, -0.2) is 24.8 Å². The summed E-state index contributed by atoms with van der Waals surface area (Å²) in [5, 5.41) is 24.5. The molecule has 92 valence electrons. The number of fused-ring (bicyclic) bond motifs is 3. The number of rotatable bonds is 1. The van der Waals surface area contributed by atoms with Gasteiger partial charge in [-0.15, -0.1) is 0 Å². The van der Waals surface area contributed by atoms with Gasteiger partial charge in [0.25, 0.3) is 0 Å². The Kier molecular flexibility index (Phi) is 2.22. The highest BCUT2D eigenvalue weighted by molar-refractivity contribution is 5.88. The number of hydrogen-bond donors (Lipinski definition) is 3. The topological polar surface area (TPSA) is 96.7 Å². The van der Waals surface area contributed by atoms with E-state index in [0.29, 0.717) is 22.6 Å². The second-order valence-corrected chi connectivity index (χ2v) is 4.15.